The van der Waals surface area contributed by atoms with Crippen LogP contribution in [0.4, 0.5) is 17.8 Å². The number of hydrogen-bond donors (Lipinski definition) is 2. The van der Waals surface area contributed by atoms with Gasteiger partial charge in [0.2, 0.25) is 17.8 Å². The Kier molecular flexibility index (Phi) is 4.94. The van der Waals surface area contributed by atoms with Crippen LogP contribution >= 0.6 is 0 Å². The number of anilines is 3. The maximum atomic E-state index is 9.04. The average Bonchev–Trinajstić information content (AvgIpc) is 2.88. The Hall–Kier alpha value is -1.63. The molecule has 20 heavy (non-hydrogen) atoms. The van der Waals surface area contributed by atoms with Crippen molar-refractivity contribution in [3.8, 4) is 0 Å². The standard InChI is InChI=1S/C13H24N6O/c1-4-14-11-15-12(18(2)3)17-13(16-11)19-7-5-10(9-19)6-8-20/h10,20H,4-9H2,1-3H3,(H,14,15,16,17). The Morgan fingerprint density at radius 3 is 2.80 bits per heavy atom. The van der Waals surface area contributed by atoms with Crippen LogP contribution in [0.15, 0.2) is 0 Å². The van der Waals surface area contributed by atoms with Gasteiger partial charge in [-0.25, -0.2) is 0 Å². The maximum Gasteiger partial charge on any atom is 0.231 e. The minimum atomic E-state index is 0.251. The van der Waals surface area contributed by atoms with Crippen molar-refractivity contribution < 1.29 is 5.11 Å². The molecule has 0 radical (unpaired) electrons. The van der Waals surface area contributed by atoms with Crippen molar-refractivity contribution in [3.63, 3.8) is 0 Å². The number of nitrogens with one attached hydrogen (secondary N) is 1. The summed E-state index contributed by atoms with van der Waals surface area (Å²) in [5, 5.41) is 12.2. The van der Waals surface area contributed by atoms with E-state index in [-0.39, 0.29) is 6.61 Å². The number of aromatic nitrogens is 3. The third kappa shape index (κ3) is 3.47. The van der Waals surface area contributed by atoms with Crippen LogP contribution in [0.2, 0.25) is 0 Å². The number of aliphatic hydroxyl groups is 1. The smallest absolute Gasteiger partial charge is 0.231 e. The van der Waals surface area contributed by atoms with E-state index < -0.39 is 0 Å². The van der Waals surface area contributed by atoms with Gasteiger partial charge in [0.15, 0.2) is 0 Å². The fraction of sp³-hybridized carbons (Fsp3) is 0.769. The quantitative estimate of drug-likeness (QED) is 0.789. The van der Waals surface area contributed by atoms with E-state index in [0.717, 1.165) is 38.4 Å². The van der Waals surface area contributed by atoms with Crippen molar-refractivity contribution in [1.29, 1.82) is 0 Å². The van der Waals surface area contributed by atoms with E-state index in [2.05, 4.69) is 25.2 Å². The molecular weight excluding hydrogens is 256 g/mol. The molecule has 7 heteroatoms. The summed E-state index contributed by atoms with van der Waals surface area (Å²) in [4.78, 5) is 17.4. The molecule has 0 saturated carbocycles. The van der Waals surface area contributed by atoms with Gasteiger partial charge in [0, 0.05) is 40.3 Å². The zero-order chi connectivity index (χ0) is 14.5. The van der Waals surface area contributed by atoms with Crippen molar-refractivity contribution in [2.75, 3.05) is 55.5 Å². The molecule has 0 amide bonds. The highest BCUT2D eigenvalue weighted by Gasteiger charge is 2.25. The summed E-state index contributed by atoms with van der Waals surface area (Å²) in [5.74, 6) is 2.53. The molecule has 1 aromatic heterocycles. The van der Waals surface area contributed by atoms with Crippen LogP contribution in [0, 0.1) is 5.92 Å². The first-order chi connectivity index (χ1) is 9.63. The summed E-state index contributed by atoms with van der Waals surface area (Å²) in [6.07, 6.45) is 1.93. The van der Waals surface area contributed by atoms with Crippen molar-refractivity contribution in [2.45, 2.75) is 19.8 Å². The van der Waals surface area contributed by atoms with E-state index in [1.165, 1.54) is 0 Å². The molecule has 0 aliphatic carbocycles. The molecule has 1 unspecified atom stereocenters. The van der Waals surface area contributed by atoms with Crippen LogP contribution in [0.25, 0.3) is 0 Å². The molecule has 1 aliphatic rings. The van der Waals surface area contributed by atoms with Crippen molar-refractivity contribution in [1.82, 2.24) is 15.0 Å². The summed E-state index contributed by atoms with van der Waals surface area (Å²) in [6.45, 7) is 4.90. The van der Waals surface area contributed by atoms with E-state index in [9.17, 15) is 0 Å². The van der Waals surface area contributed by atoms with Gasteiger partial charge in [-0.2, -0.15) is 15.0 Å². The van der Waals surface area contributed by atoms with Gasteiger partial charge >= 0.3 is 0 Å². The van der Waals surface area contributed by atoms with E-state index >= 15 is 0 Å². The minimum absolute atomic E-state index is 0.251. The monoisotopic (exact) mass is 280 g/mol. The number of aliphatic hydroxyl groups excluding tert-OH is 1. The molecule has 0 spiro atoms. The summed E-state index contributed by atoms with van der Waals surface area (Å²) >= 11 is 0. The SMILES string of the molecule is CCNc1nc(N(C)C)nc(N2CCC(CCO)C2)n1. The van der Waals surface area contributed by atoms with Crippen LogP contribution in [0.3, 0.4) is 0 Å². The first-order valence-corrected chi connectivity index (χ1v) is 7.17. The van der Waals surface area contributed by atoms with E-state index in [1.807, 2.05) is 25.9 Å². The Bertz CT molecular complexity index is 439. The van der Waals surface area contributed by atoms with Crippen LogP contribution < -0.4 is 15.1 Å². The lowest BCUT2D eigenvalue weighted by Gasteiger charge is -2.19. The highest BCUT2D eigenvalue weighted by atomic mass is 16.3. The van der Waals surface area contributed by atoms with Crippen LogP contribution in [0.1, 0.15) is 19.8 Å². The van der Waals surface area contributed by atoms with E-state index in [0.29, 0.717) is 17.8 Å². The number of nitrogens with zero attached hydrogens (tertiary/aromatic N) is 5. The molecule has 2 N–H and O–H groups in total. The molecule has 2 heterocycles. The van der Waals surface area contributed by atoms with Crippen molar-refractivity contribution in [3.05, 3.63) is 0 Å². The second kappa shape index (κ2) is 6.69. The molecule has 2 rings (SSSR count). The molecule has 0 aromatic carbocycles. The fourth-order valence-electron chi connectivity index (χ4n) is 2.36. The van der Waals surface area contributed by atoms with Gasteiger partial charge in [-0.3, -0.25) is 0 Å². The lowest BCUT2D eigenvalue weighted by Crippen LogP contribution is -2.25. The Morgan fingerprint density at radius 1 is 1.35 bits per heavy atom. The van der Waals surface area contributed by atoms with Crippen molar-refractivity contribution >= 4 is 17.8 Å². The normalized spacial score (nSPS) is 18.4. The van der Waals surface area contributed by atoms with Gasteiger partial charge in [-0.05, 0) is 25.7 Å². The Labute approximate surface area is 120 Å². The van der Waals surface area contributed by atoms with Crippen molar-refractivity contribution in [2.24, 2.45) is 5.92 Å². The van der Waals surface area contributed by atoms with Crippen LogP contribution in [-0.4, -0.2) is 60.4 Å². The highest BCUT2D eigenvalue weighted by molar-refractivity contribution is 5.45. The molecule has 112 valence electrons. The van der Waals surface area contributed by atoms with Gasteiger partial charge in [0.05, 0.1) is 0 Å². The predicted octanol–water partition coefficient (Wildman–Crippen LogP) is 0.578. The molecular formula is C13H24N6O. The first-order valence-electron chi connectivity index (χ1n) is 7.17. The highest BCUT2D eigenvalue weighted by Crippen LogP contribution is 2.24. The molecule has 1 fully saturated rings. The molecule has 1 aliphatic heterocycles. The topological polar surface area (TPSA) is 77.4 Å². The maximum absolute atomic E-state index is 9.04. The van der Waals surface area contributed by atoms with Gasteiger partial charge < -0.3 is 20.2 Å². The first kappa shape index (κ1) is 14.8. The van der Waals surface area contributed by atoms with E-state index in [4.69, 9.17) is 5.11 Å². The fourth-order valence-corrected chi connectivity index (χ4v) is 2.36. The Morgan fingerprint density at radius 2 is 2.15 bits per heavy atom. The lowest BCUT2D eigenvalue weighted by molar-refractivity contribution is 0.263. The second-order valence-corrected chi connectivity index (χ2v) is 5.30. The Balaban J connectivity index is 2.18. The van der Waals surface area contributed by atoms with E-state index in [1.54, 1.807) is 0 Å². The summed E-state index contributed by atoms with van der Waals surface area (Å²) in [5.41, 5.74) is 0. The summed E-state index contributed by atoms with van der Waals surface area (Å²) < 4.78 is 0. The molecule has 1 atom stereocenters. The predicted molar refractivity (Wildman–Crippen MR) is 80.3 cm³/mol. The summed E-state index contributed by atoms with van der Waals surface area (Å²) in [7, 11) is 3.85. The molecule has 0 bridgehead atoms. The second-order valence-electron chi connectivity index (χ2n) is 5.30. The largest absolute Gasteiger partial charge is 0.396 e. The van der Waals surface area contributed by atoms with Gasteiger partial charge in [0.1, 0.15) is 0 Å². The number of hydrogen-bond acceptors (Lipinski definition) is 7. The zero-order valence-corrected chi connectivity index (χ0v) is 12.5. The minimum Gasteiger partial charge on any atom is -0.396 e. The molecule has 1 aromatic rings. The third-order valence-electron chi connectivity index (χ3n) is 3.45. The molecule has 7 nitrogen and oxygen atoms in total. The lowest BCUT2D eigenvalue weighted by atomic mass is 10.1. The molecule has 1 saturated heterocycles. The van der Waals surface area contributed by atoms with Gasteiger partial charge in [-0.1, -0.05) is 0 Å². The van der Waals surface area contributed by atoms with Crippen LogP contribution in [-0.2, 0) is 0 Å². The third-order valence-corrected chi connectivity index (χ3v) is 3.45. The zero-order valence-electron chi connectivity index (χ0n) is 12.5. The van der Waals surface area contributed by atoms with Gasteiger partial charge in [0.25, 0.3) is 0 Å². The summed E-state index contributed by atoms with van der Waals surface area (Å²) in [6, 6.07) is 0. The number of rotatable bonds is 6. The average molecular weight is 280 g/mol. The van der Waals surface area contributed by atoms with Gasteiger partial charge in [-0.15, -0.1) is 0 Å². The van der Waals surface area contributed by atoms with Crippen LogP contribution in [0.5, 0.6) is 0 Å².